The van der Waals surface area contributed by atoms with Crippen molar-refractivity contribution < 1.29 is 14.3 Å². The number of benzene rings is 2. The van der Waals surface area contributed by atoms with Crippen molar-refractivity contribution in [2.75, 3.05) is 0 Å². The summed E-state index contributed by atoms with van der Waals surface area (Å²) < 4.78 is 5.13. The zero-order valence-corrected chi connectivity index (χ0v) is 11.5. The third-order valence-electron chi connectivity index (χ3n) is 3.00. The highest BCUT2D eigenvalue weighted by atomic mass is 16.5. The number of carbonyl (C=O) groups excluding carboxylic acids is 2. The molecule has 3 heteroatoms. The number of hydrogen-bond donors (Lipinski definition) is 0. The molecule has 0 heterocycles. The fraction of sp³-hybridized carbons (Fsp3) is 0.176. The van der Waals surface area contributed by atoms with E-state index in [9.17, 15) is 9.59 Å². The van der Waals surface area contributed by atoms with Gasteiger partial charge in [0.25, 0.3) is 0 Å². The van der Waals surface area contributed by atoms with Gasteiger partial charge in [0.15, 0.2) is 5.78 Å². The molecular formula is C17H16O3. The summed E-state index contributed by atoms with van der Waals surface area (Å²) in [5, 5.41) is 0. The zero-order valence-electron chi connectivity index (χ0n) is 11.5. The summed E-state index contributed by atoms with van der Waals surface area (Å²) in [5.74, 6) is -0.375. The lowest BCUT2D eigenvalue weighted by atomic mass is 10.00. The molecule has 0 fully saturated rings. The van der Waals surface area contributed by atoms with Crippen molar-refractivity contribution in [3.05, 3.63) is 71.3 Å². The molecule has 0 aliphatic rings. The summed E-state index contributed by atoms with van der Waals surface area (Å²) in [7, 11) is 0. The normalized spacial score (nSPS) is 11.7. The number of rotatable bonds is 4. The predicted molar refractivity (Wildman–Crippen MR) is 76.5 cm³/mol. The van der Waals surface area contributed by atoms with Gasteiger partial charge in [-0.3, -0.25) is 9.59 Å². The van der Waals surface area contributed by atoms with Crippen molar-refractivity contribution in [1.29, 1.82) is 0 Å². The van der Waals surface area contributed by atoms with E-state index in [0.717, 1.165) is 5.56 Å². The summed E-state index contributed by atoms with van der Waals surface area (Å²) in [5.41, 5.74) is 2.04. The van der Waals surface area contributed by atoms with Gasteiger partial charge < -0.3 is 4.74 Å². The molecule has 20 heavy (non-hydrogen) atoms. The molecule has 2 rings (SSSR count). The maximum atomic E-state index is 12.3. The lowest BCUT2D eigenvalue weighted by Gasteiger charge is -2.13. The number of ketones is 1. The molecular weight excluding hydrogens is 252 g/mol. The average Bonchev–Trinajstić information content (AvgIpc) is 2.47. The summed E-state index contributed by atoms with van der Waals surface area (Å²) in [4.78, 5) is 23.3. The van der Waals surface area contributed by atoms with Gasteiger partial charge in [-0.25, -0.2) is 0 Å². The minimum absolute atomic E-state index is 0.0394. The smallest absolute Gasteiger partial charge is 0.303 e. The van der Waals surface area contributed by atoms with Gasteiger partial charge in [0.2, 0.25) is 0 Å². The maximum absolute atomic E-state index is 12.3. The number of esters is 1. The molecule has 0 saturated carbocycles. The Labute approximate surface area is 118 Å². The third kappa shape index (κ3) is 3.32. The van der Waals surface area contributed by atoms with Crippen LogP contribution in [0.3, 0.4) is 0 Å². The Balaban J connectivity index is 2.26. The molecule has 1 unspecified atom stereocenters. The number of carbonyl (C=O) groups is 2. The largest absolute Gasteiger partial charge is 0.458 e. The topological polar surface area (TPSA) is 43.4 Å². The molecule has 0 aliphatic heterocycles. The lowest BCUT2D eigenvalue weighted by molar-refractivity contribution is -0.145. The van der Waals surface area contributed by atoms with E-state index in [1.807, 2.05) is 24.3 Å². The molecule has 0 saturated heterocycles. The van der Waals surface area contributed by atoms with Crippen molar-refractivity contribution in [3.63, 3.8) is 0 Å². The second-order valence-corrected chi connectivity index (χ2v) is 4.57. The molecule has 0 N–H and O–H groups in total. The molecule has 0 bridgehead atoms. The van der Waals surface area contributed by atoms with Crippen LogP contribution in [-0.2, 0) is 9.53 Å². The van der Waals surface area contributed by atoms with E-state index >= 15 is 0 Å². The Kier molecular flexibility index (Phi) is 4.31. The van der Waals surface area contributed by atoms with Crippen LogP contribution in [0.4, 0.5) is 0 Å². The molecule has 0 amide bonds. The molecule has 2 aromatic carbocycles. The first-order valence-corrected chi connectivity index (χ1v) is 6.45. The number of ether oxygens (including phenoxy) is 1. The van der Waals surface area contributed by atoms with Crippen molar-refractivity contribution in [2.45, 2.75) is 20.0 Å². The van der Waals surface area contributed by atoms with Gasteiger partial charge in [-0.1, -0.05) is 48.5 Å². The Morgan fingerprint density at radius 2 is 1.60 bits per heavy atom. The quantitative estimate of drug-likeness (QED) is 0.629. The Bertz CT molecular complexity index is 617. The van der Waals surface area contributed by atoms with E-state index in [-0.39, 0.29) is 17.9 Å². The van der Waals surface area contributed by atoms with Crippen molar-refractivity contribution in [3.8, 4) is 0 Å². The van der Waals surface area contributed by atoms with Gasteiger partial charge >= 0.3 is 5.97 Å². The fourth-order valence-electron chi connectivity index (χ4n) is 2.01. The number of hydrogen-bond acceptors (Lipinski definition) is 3. The van der Waals surface area contributed by atoms with E-state index in [0.29, 0.717) is 11.1 Å². The maximum Gasteiger partial charge on any atom is 0.303 e. The van der Waals surface area contributed by atoms with E-state index in [2.05, 4.69) is 0 Å². The van der Waals surface area contributed by atoms with Crippen LogP contribution in [0.1, 0.15) is 41.4 Å². The predicted octanol–water partition coefficient (Wildman–Crippen LogP) is 3.54. The van der Waals surface area contributed by atoms with E-state index in [1.165, 1.54) is 6.92 Å². The van der Waals surface area contributed by atoms with Crippen LogP contribution >= 0.6 is 0 Å². The summed E-state index contributed by atoms with van der Waals surface area (Å²) in [6, 6.07) is 16.3. The first-order valence-electron chi connectivity index (χ1n) is 6.45. The van der Waals surface area contributed by atoms with Crippen LogP contribution in [0.2, 0.25) is 0 Å². The van der Waals surface area contributed by atoms with Crippen LogP contribution in [-0.4, -0.2) is 11.8 Å². The van der Waals surface area contributed by atoms with Gasteiger partial charge in [-0.05, 0) is 18.6 Å². The Hall–Kier alpha value is -2.42. The third-order valence-corrected chi connectivity index (χ3v) is 3.00. The van der Waals surface area contributed by atoms with E-state index in [1.54, 1.807) is 37.3 Å². The second kappa shape index (κ2) is 6.15. The van der Waals surface area contributed by atoms with Crippen LogP contribution in [0.25, 0.3) is 0 Å². The summed E-state index contributed by atoms with van der Waals surface area (Å²) in [6.07, 6.45) is -0.365. The Morgan fingerprint density at radius 1 is 0.950 bits per heavy atom. The first kappa shape index (κ1) is 14.0. The van der Waals surface area contributed by atoms with Crippen molar-refractivity contribution in [1.82, 2.24) is 0 Å². The SMILES string of the molecule is CC(=O)OC(C)c1cccc(C(=O)c2ccccc2)c1. The monoisotopic (exact) mass is 268 g/mol. The van der Waals surface area contributed by atoms with Gasteiger partial charge in [-0.15, -0.1) is 0 Å². The highest BCUT2D eigenvalue weighted by Gasteiger charge is 2.13. The highest BCUT2D eigenvalue weighted by molar-refractivity contribution is 6.09. The molecule has 0 aromatic heterocycles. The van der Waals surface area contributed by atoms with Crippen LogP contribution in [0.5, 0.6) is 0 Å². The van der Waals surface area contributed by atoms with Gasteiger partial charge in [-0.2, -0.15) is 0 Å². The minimum atomic E-state index is -0.365. The van der Waals surface area contributed by atoms with Gasteiger partial charge in [0, 0.05) is 18.1 Å². The molecule has 3 nitrogen and oxygen atoms in total. The van der Waals surface area contributed by atoms with Crippen LogP contribution in [0.15, 0.2) is 54.6 Å². The summed E-state index contributed by atoms with van der Waals surface area (Å²) in [6.45, 7) is 3.16. The molecule has 102 valence electrons. The average molecular weight is 268 g/mol. The molecule has 2 aromatic rings. The molecule has 1 atom stereocenters. The molecule has 0 aliphatic carbocycles. The molecule has 0 radical (unpaired) electrons. The second-order valence-electron chi connectivity index (χ2n) is 4.57. The zero-order chi connectivity index (χ0) is 14.5. The standard InChI is InChI=1S/C17H16O3/c1-12(20-13(2)18)15-9-6-10-16(11-15)17(19)14-7-4-3-5-8-14/h3-12H,1-2H3. The highest BCUT2D eigenvalue weighted by Crippen LogP contribution is 2.19. The Morgan fingerprint density at radius 3 is 2.25 bits per heavy atom. The first-order chi connectivity index (χ1) is 9.58. The van der Waals surface area contributed by atoms with Crippen LogP contribution < -0.4 is 0 Å². The van der Waals surface area contributed by atoms with Crippen molar-refractivity contribution in [2.24, 2.45) is 0 Å². The fourth-order valence-corrected chi connectivity index (χ4v) is 2.01. The summed E-state index contributed by atoms with van der Waals surface area (Å²) >= 11 is 0. The van der Waals surface area contributed by atoms with E-state index in [4.69, 9.17) is 4.74 Å². The lowest BCUT2D eigenvalue weighted by Crippen LogP contribution is -2.07. The van der Waals surface area contributed by atoms with E-state index < -0.39 is 0 Å². The van der Waals surface area contributed by atoms with Gasteiger partial charge in [0.05, 0.1) is 0 Å². The minimum Gasteiger partial charge on any atom is -0.458 e. The molecule has 0 spiro atoms. The van der Waals surface area contributed by atoms with Crippen molar-refractivity contribution >= 4 is 11.8 Å². The van der Waals surface area contributed by atoms with Crippen LogP contribution in [0, 0.1) is 0 Å². The van der Waals surface area contributed by atoms with Gasteiger partial charge in [0.1, 0.15) is 6.10 Å².